The molecular formula is C27H35N3O3. The average molecular weight is 450 g/mol. The molecule has 0 radical (unpaired) electrons. The number of aliphatic hydroxyl groups excluding tert-OH is 2. The van der Waals surface area contributed by atoms with Gasteiger partial charge in [-0.1, -0.05) is 61.4 Å². The number of hydrogen-bond donors (Lipinski definition) is 3. The number of aromatic nitrogens is 1. The standard InChI is InChI=1S/C27H35N3O3/c1-33-25-20-30(19-24(25)32)26-11-10-22(23(29-26)18-21-8-4-2-5-9-21)12-15-27(28-16-17-31)13-6-3-7-14-27/h2,4-5,8-11,24-25,28,31-32H,3,6-7,13-14,16-20H2,1H3. The molecule has 6 nitrogen and oxygen atoms in total. The minimum atomic E-state index is -0.516. The van der Waals surface area contributed by atoms with E-state index in [9.17, 15) is 10.2 Å². The summed E-state index contributed by atoms with van der Waals surface area (Å²) >= 11 is 0. The number of rotatable bonds is 7. The van der Waals surface area contributed by atoms with Crippen molar-refractivity contribution in [3.05, 3.63) is 59.3 Å². The number of hydrogen-bond acceptors (Lipinski definition) is 6. The Labute approximate surface area is 197 Å². The third-order valence-electron chi connectivity index (χ3n) is 6.76. The van der Waals surface area contributed by atoms with Gasteiger partial charge in [0, 0.05) is 38.7 Å². The molecule has 2 fully saturated rings. The van der Waals surface area contributed by atoms with E-state index in [1.54, 1.807) is 7.11 Å². The third kappa shape index (κ3) is 5.93. The topological polar surface area (TPSA) is 77.9 Å². The minimum Gasteiger partial charge on any atom is -0.395 e. The largest absolute Gasteiger partial charge is 0.395 e. The highest BCUT2D eigenvalue weighted by molar-refractivity contribution is 5.50. The van der Waals surface area contributed by atoms with Crippen molar-refractivity contribution in [1.82, 2.24) is 10.3 Å². The molecule has 4 rings (SSSR count). The first-order valence-electron chi connectivity index (χ1n) is 12.0. The minimum absolute atomic E-state index is 0.114. The summed E-state index contributed by atoms with van der Waals surface area (Å²) in [6.45, 7) is 1.80. The normalized spacial score (nSPS) is 22.1. The van der Waals surface area contributed by atoms with E-state index >= 15 is 0 Å². The summed E-state index contributed by atoms with van der Waals surface area (Å²) < 4.78 is 5.41. The SMILES string of the molecule is COC1CN(c2ccc(C#CC3(NCCO)CCCCC3)c(Cc3ccccc3)n2)CC1O. The van der Waals surface area contributed by atoms with Crippen LogP contribution in [0.1, 0.15) is 48.9 Å². The van der Waals surface area contributed by atoms with Crippen molar-refractivity contribution in [3.8, 4) is 11.8 Å². The maximum Gasteiger partial charge on any atom is 0.129 e. The summed E-state index contributed by atoms with van der Waals surface area (Å²) in [6.07, 6.45) is 5.53. The zero-order chi connectivity index (χ0) is 23.1. The van der Waals surface area contributed by atoms with Gasteiger partial charge in [0.25, 0.3) is 0 Å². The molecule has 0 spiro atoms. The van der Waals surface area contributed by atoms with Gasteiger partial charge in [-0.2, -0.15) is 0 Å². The van der Waals surface area contributed by atoms with Gasteiger partial charge >= 0.3 is 0 Å². The van der Waals surface area contributed by atoms with Crippen molar-refractivity contribution in [2.75, 3.05) is 38.3 Å². The van der Waals surface area contributed by atoms with Crippen LogP contribution < -0.4 is 10.2 Å². The van der Waals surface area contributed by atoms with Crippen LogP contribution in [-0.4, -0.2) is 66.3 Å². The fraction of sp³-hybridized carbons (Fsp3) is 0.519. The Kier molecular flexibility index (Phi) is 8.00. The number of nitrogens with zero attached hydrogens (tertiary/aromatic N) is 2. The lowest BCUT2D eigenvalue weighted by atomic mass is 9.82. The summed E-state index contributed by atoms with van der Waals surface area (Å²) in [5.41, 5.74) is 2.82. The summed E-state index contributed by atoms with van der Waals surface area (Å²) in [5.74, 6) is 7.83. The first-order chi connectivity index (χ1) is 16.1. The second-order valence-corrected chi connectivity index (χ2v) is 9.12. The number of aliphatic hydroxyl groups is 2. The maximum absolute atomic E-state index is 10.3. The predicted octanol–water partition coefficient (Wildman–Crippen LogP) is 2.50. The molecule has 1 aromatic carbocycles. The van der Waals surface area contributed by atoms with Gasteiger partial charge in [0.05, 0.1) is 23.9 Å². The molecule has 6 heteroatoms. The number of methoxy groups -OCH3 is 1. The highest BCUT2D eigenvalue weighted by atomic mass is 16.5. The molecule has 2 atom stereocenters. The summed E-state index contributed by atoms with van der Waals surface area (Å²) in [6, 6.07) is 14.4. The number of nitrogens with one attached hydrogen (secondary N) is 1. The molecule has 176 valence electrons. The van der Waals surface area contributed by atoms with Gasteiger partial charge in [-0.15, -0.1) is 0 Å². The second-order valence-electron chi connectivity index (χ2n) is 9.12. The lowest BCUT2D eigenvalue weighted by Crippen LogP contribution is -2.46. The van der Waals surface area contributed by atoms with Crippen LogP contribution in [0.15, 0.2) is 42.5 Å². The van der Waals surface area contributed by atoms with Gasteiger partial charge in [0.1, 0.15) is 11.9 Å². The second kappa shape index (κ2) is 11.1. The average Bonchev–Trinajstić information content (AvgIpc) is 3.24. The molecule has 1 aliphatic heterocycles. The fourth-order valence-electron chi connectivity index (χ4n) is 4.86. The molecule has 1 aromatic heterocycles. The Hall–Kier alpha value is -2.43. The van der Waals surface area contributed by atoms with Crippen LogP contribution in [0, 0.1) is 11.8 Å². The molecule has 33 heavy (non-hydrogen) atoms. The predicted molar refractivity (Wildman–Crippen MR) is 130 cm³/mol. The summed E-state index contributed by atoms with van der Waals surface area (Å²) in [4.78, 5) is 7.08. The molecule has 3 N–H and O–H groups in total. The lowest BCUT2D eigenvalue weighted by Gasteiger charge is -2.33. The zero-order valence-corrected chi connectivity index (χ0v) is 19.5. The van der Waals surface area contributed by atoms with E-state index in [4.69, 9.17) is 9.72 Å². The first kappa shape index (κ1) is 23.7. The number of pyridine rings is 1. The molecule has 2 heterocycles. The Bertz CT molecular complexity index is 964. The Balaban J connectivity index is 1.65. The Morgan fingerprint density at radius 1 is 1.12 bits per heavy atom. The smallest absolute Gasteiger partial charge is 0.129 e. The molecule has 2 unspecified atom stereocenters. The van der Waals surface area contributed by atoms with Crippen molar-refractivity contribution in [2.24, 2.45) is 0 Å². The van der Waals surface area contributed by atoms with E-state index in [-0.39, 0.29) is 18.2 Å². The van der Waals surface area contributed by atoms with Crippen LogP contribution in [0.25, 0.3) is 0 Å². The van der Waals surface area contributed by atoms with Crippen molar-refractivity contribution >= 4 is 5.82 Å². The van der Waals surface area contributed by atoms with Crippen molar-refractivity contribution in [2.45, 2.75) is 56.3 Å². The van der Waals surface area contributed by atoms with E-state index in [1.807, 2.05) is 24.3 Å². The van der Waals surface area contributed by atoms with E-state index in [2.05, 4.69) is 40.3 Å². The highest BCUT2D eigenvalue weighted by Gasteiger charge is 2.32. The highest BCUT2D eigenvalue weighted by Crippen LogP contribution is 2.28. The number of anilines is 1. The molecule has 1 aliphatic carbocycles. The molecule has 2 aromatic rings. The summed E-state index contributed by atoms with van der Waals surface area (Å²) in [7, 11) is 1.64. The van der Waals surface area contributed by atoms with Crippen LogP contribution in [0.2, 0.25) is 0 Å². The monoisotopic (exact) mass is 449 g/mol. The van der Waals surface area contributed by atoms with E-state index in [0.29, 0.717) is 26.1 Å². The Morgan fingerprint density at radius 3 is 2.61 bits per heavy atom. The molecule has 0 bridgehead atoms. The lowest BCUT2D eigenvalue weighted by molar-refractivity contribution is 0.0217. The first-order valence-corrected chi connectivity index (χ1v) is 12.0. The van der Waals surface area contributed by atoms with Crippen molar-refractivity contribution in [3.63, 3.8) is 0 Å². The van der Waals surface area contributed by atoms with Crippen LogP contribution in [0.4, 0.5) is 5.82 Å². The quantitative estimate of drug-likeness (QED) is 0.564. The van der Waals surface area contributed by atoms with Gasteiger partial charge in [-0.3, -0.25) is 5.32 Å². The van der Waals surface area contributed by atoms with Gasteiger partial charge in [0.2, 0.25) is 0 Å². The molecule has 0 amide bonds. The summed E-state index contributed by atoms with van der Waals surface area (Å²) in [5, 5.41) is 23.1. The van der Waals surface area contributed by atoms with Crippen molar-refractivity contribution < 1.29 is 14.9 Å². The van der Waals surface area contributed by atoms with Crippen LogP contribution in [0.5, 0.6) is 0 Å². The van der Waals surface area contributed by atoms with Crippen LogP contribution >= 0.6 is 0 Å². The van der Waals surface area contributed by atoms with Gasteiger partial charge in [-0.05, 0) is 30.5 Å². The van der Waals surface area contributed by atoms with Gasteiger partial charge in [0.15, 0.2) is 0 Å². The number of β-amino-alcohol motifs (C(OH)–C–C–N with tert-alkyl or cyclic N) is 2. The fourth-order valence-corrected chi connectivity index (χ4v) is 4.86. The zero-order valence-electron chi connectivity index (χ0n) is 19.5. The van der Waals surface area contributed by atoms with E-state index in [0.717, 1.165) is 42.8 Å². The third-order valence-corrected chi connectivity index (χ3v) is 6.76. The van der Waals surface area contributed by atoms with E-state index < -0.39 is 6.10 Å². The molecule has 1 saturated heterocycles. The van der Waals surface area contributed by atoms with Crippen LogP contribution in [-0.2, 0) is 11.2 Å². The molecule has 2 aliphatic rings. The van der Waals surface area contributed by atoms with Crippen LogP contribution in [0.3, 0.4) is 0 Å². The number of ether oxygens (including phenoxy) is 1. The van der Waals surface area contributed by atoms with Gasteiger partial charge in [-0.25, -0.2) is 4.98 Å². The molecular weight excluding hydrogens is 414 g/mol. The number of benzene rings is 1. The molecule has 1 saturated carbocycles. The maximum atomic E-state index is 10.3. The van der Waals surface area contributed by atoms with Gasteiger partial charge < -0.3 is 19.8 Å². The Morgan fingerprint density at radius 2 is 1.91 bits per heavy atom. The van der Waals surface area contributed by atoms with Crippen molar-refractivity contribution in [1.29, 1.82) is 0 Å². The van der Waals surface area contributed by atoms with E-state index in [1.165, 1.54) is 12.0 Å².